The van der Waals surface area contributed by atoms with E-state index in [1.54, 1.807) is 6.20 Å². The Hall–Kier alpha value is -2.40. The lowest BCUT2D eigenvalue weighted by molar-refractivity contribution is 0.00253. The summed E-state index contributed by atoms with van der Waals surface area (Å²) in [5.74, 6) is 0.594. The molecule has 0 saturated carbocycles. The van der Waals surface area contributed by atoms with Gasteiger partial charge >= 0.3 is 6.03 Å². The Morgan fingerprint density at radius 3 is 2.83 bits per heavy atom. The summed E-state index contributed by atoms with van der Waals surface area (Å²) >= 11 is 0. The predicted octanol–water partition coefficient (Wildman–Crippen LogP) is 3.43. The fourth-order valence-electron chi connectivity index (χ4n) is 2.77. The van der Waals surface area contributed by atoms with Gasteiger partial charge in [0.2, 0.25) is 0 Å². The van der Waals surface area contributed by atoms with Gasteiger partial charge in [-0.2, -0.15) is 0 Å². The van der Waals surface area contributed by atoms with Crippen molar-refractivity contribution in [3.63, 3.8) is 0 Å². The molecule has 23 heavy (non-hydrogen) atoms. The first kappa shape index (κ1) is 15.5. The zero-order valence-electron chi connectivity index (χ0n) is 13.2. The van der Waals surface area contributed by atoms with E-state index in [0.29, 0.717) is 12.4 Å². The maximum atomic E-state index is 12.2. The summed E-state index contributed by atoms with van der Waals surface area (Å²) in [5, 5.41) is 5.83. The van der Waals surface area contributed by atoms with E-state index in [2.05, 4.69) is 27.8 Å². The second-order valence-electron chi connectivity index (χ2n) is 5.76. The van der Waals surface area contributed by atoms with Crippen molar-refractivity contribution in [2.24, 2.45) is 0 Å². The van der Waals surface area contributed by atoms with E-state index in [4.69, 9.17) is 4.74 Å². The predicted molar refractivity (Wildman–Crippen MR) is 89.3 cm³/mol. The van der Waals surface area contributed by atoms with Crippen molar-refractivity contribution in [3.8, 4) is 0 Å². The number of rotatable bonds is 3. The number of aromatic nitrogens is 1. The third-order valence-electron chi connectivity index (χ3n) is 4.03. The number of hydrogen-bond acceptors (Lipinski definition) is 3. The van der Waals surface area contributed by atoms with Crippen LogP contribution in [-0.2, 0) is 4.74 Å². The Labute approximate surface area is 136 Å². The summed E-state index contributed by atoms with van der Waals surface area (Å²) in [4.78, 5) is 16.4. The molecular formula is C18H21N3O2. The van der Waals surface area contributed by atoms with Crippen molar-refractivity contribution in [3.05, 3.63) is 59.8 Å². The van der Waals surface area contributed by atoms with E-state index in [1.165, 1.54) is 0 Å². The standard InChI is InChI=1S/C18H21N3O2/c1-13-6-5-10-19-17(13)21-18(22)20-15-9-11-23-16(12-15)14-7-3-2-4-8-14/h2-8,10,15-16H,9,11-12H2,1H3,(H2,19,20,21,22)/t15-,16+/m1/s1. The second kappa shape index (κ2) is 7.24. The summed E-state index contributed by atoms with van der Waals surface area (Å²) < 4.78 is 5.83. The van der Waals surface area contributed by atoms with Crippen molar-refractivity contribution < 1.29 is 9.53 Å². The Morgan fingerprint density at radius 1 is 1.22 bits per heavy atom. The molecule has 2 amide bonds. The molecule has 1 aromatic carbocycles. The highest BCUT2D eigenvalue weighted by Gasteiger charge is 2.25. The number of carbonyl (C=O) groups excluding carboxylic acids is 1. The lowest BCUT2D eigenvalue weighted by atomic mass is 9.97. The molecule has 0 bridgehead atoms. The van der Waals surface area contributed by atoms with Crippen LogP contribution < -0.4 is 10.6 Å². The number of aryl methyl sites for hydroxylation is 1. The van der Waals surface area contributed by atoms with Gasteiger partial charge in [-0.3, -0.25) is 5.32 Å². The van der Waals surface area contributed by atoms with Crippen molar-refractivity contribution in [1.29, 1.82) is 0 Å². The molecular weight excluding hydrogens is 290 g/mol. The molecule has 0 radical (unpaired) electrons. The molecule has 2 atom stereocenters. The number of pyridine rings is 1. The highest BCUT2D eigenvalue weighted by molar-refractivity contribution is 5.89. The summed E-state index contributed by atoms with van der Waals surface area (Å²) in [7, 11) is 0. The maximum absolute atomic E-state index is 12.2. The van der Waals surface area contributed by atoms with Crippen LogP contribution in [0.2, 0.25) is 0 Å². The molecule has 1 fully saturated rings. The minimum Gasteiger partial charge on any atom is -0.373 e. The molecule has 5 nitrogen and oxygen atoms in total. The molecule has 0 spiro atoms. The molecule has 120 valence electrons. The number of nitrogens with one attached hydrogen (secondary N) is 2. The van der Waals surface area contributed by atoms with E-state index < -0.39 is 0 Å². The van der Waals surface area contributed by atoms with Crippen LogP contribution >= 0.6 is 0 Å². The van der Waals surface area contributed by atoms with Crippen LogP contribution in [0.3, 0.4) is 0 Å². The molecule has 0 aliphatic carbocycles. The molecule has 1 aliphatic rings. The van der Waals surface area contributed by atoms with E-state index in [-0.39, 0.29) is 18.2 Å². The molecule has 3 rings (SSSR count). The third-order valence-corrected chi connectivity index (χ3v) is 4.03. The van der Waals surface area contributed by atoms with Crippen LogP contribution in [-0.4, -0.2) is 23.7 Å². The van der Waals surface area contributed by atoms with E-state index in [9.17, 15) is 4.79 Å². The van der Waals surface area contributed by atoms with Crippen molar-refractivity contribution in [1.82, 2.24) is 10.3 Å². The van der Waals surface area contributed by atoms with Crippen molar-refractivity contribution in [2.75, 3.05) is 11.9 Å². The molecule has 5 heteroatoms. The lowest BCUT2D eigenvalue weighted by Gasteiger charge is -2.30. The highest BCUT2D eigenvalue weighted by Crippen LogP contribution is 2.27. The first-order chi connectivity index (χ1) is 11.2. The van der Waals surface area contributed by atoms with Gasteiger partial charge in [0, 0.05) is 18.8 Å². The van der Waals surface area contributed by atoms with Crippen LogP contribution in [0.4, 0.5) is 10.6 Å². The lowest BCUT2D eigenvalue weighted by Crippen LogP contribution is -2.42. The quantitative estimate of drug-likeness (QED) is 0.913. The Balaban J connectivity index is 1.57. The zero-order chi connectivity index (χ0) is 16.1. The van der Waals surface area contributed by atoms with Gasteiger partial charge in [-0.25, -0.2) is 9.78 Å². The fourth-order valence-corrected chi connectivity index (χ4v) is 2.77. The Kier molecular flexibility index (Phi) is 4.88. The highest BCUT2D eigenvalue weighted by atomic mass is 16.5. The number of nitrogens with zero attached hydrogens (tertiary/aromatic N) is 1. The first-order valence-electron chi connectivity index (χ1n) is 7.88. The minimum atomic E-state index is -0.217. The molecule has 0 unspecified atom stereocenters. The smallest absolute Gasteiger partial charge is 0.320 e. The number of urea groups is 1. The van der Waals surface area contributed by atoms with Gasteiger partial charge in [-0.15, -0.1) is 0 Å². The van der Waals surface area contributed by atoms with E-state index in [0.717, 1.165) is 24.0 Å². The van der Waals surface area contributed by atoms with Crippen LogP contribution in [0.15, 0.2) is 48.7 Å². The molecule has 2 heterocycles. The Morgan fingerprint density at radius 2 is 2.04 bits per heavy atom. The van der Waals surface area contributed by atoms with Gasteiger partial charge in [-0.1, -0.05) is 36.4 Å². The van der Waals surface area contributed by atoms with E-state index >= 15 is 0 Å². The number of hydrogen-bond donors (Lipinski definition) is 2. The van der Waals surface area contributed by atoms with Gasteiger partial charge in [0.25, 0.3) is 0 Å². The normalized spacial score (nSPS) is 20.7. The summed E-state index contributed by atoms with van der Waals surface area (Å²) in [6.45, 7) is 2.57. The first-order valence-corrected chi connectivity index (χ1v) is 7.88. The minimum absolute atomic E-state index is 0.0341. The summed E-state index contributed by atoms with van der Waals surface area (Å²) in [6.07, 6.45) is 3.30. The summed E-state index contributed by atoms with van der Waals surface area (Å²) in [5.41, 5.74) is 2.09. The number of anilines is 1. The van der Waals surface area contributed by atoms with Crippen molar-refractivity contribution in [2.45, 2.75) is 31.9 Å². The average molecular weight is 311 g/mol. The number of ether oxygens (including phenoxy) is 1. The molecule has 1 saturated heterocycles. The molecule has 2 N–H and O–H groups in total. The van der Waals surface area contributed by atoms with E-state index in [1.807, 2.05) is 37.3 Å². The van der Waals surface area contributed by atoms with Crippen molar-refractivity contribution >= 4 is 11.8 Å². The van der Waals surface area contributed by atoms with Gasteiger partial charge in [0.1, 0.15) is 5.82 Å². The largest absolute Gasteiger partial charge is 0.373 e. The van der Waals surface area contributed by atoms with Crippen LogP contribution in [0, 0.1) is 6.92 Å². The van der Waals surface area contributed by atoms with Gasteiger partial charge in [0.15, 0.2) is 0 Å². The third kappa shape index (κ3) is 4.07. The second-order valence-corrected chi connectivity index (χ2v) is 5.76. The van der Waals surface area contributed by atoms with Crippen LogP contribution in [0.25, 0.3) is 0 Å². The molecule has 1 aliphatic heterocycles. The van der Waals surface area contributed by atoms with Crippen LogP contribution in [0.5, 0.6) is 0 Å². The molecule has 1 aromatic heterocycles. The fraction of sp³-hybridized carbons (Fsp3) is 0.333. The number of amides is 2. The topological polar surface area (TPSA) is 63.2 Å². The van der Waals surface area contributed by atoms with Gasteiger partial charge in [0.05, 0.1) is 6.10 Å². The zero-order valence-corrected chi connectivity index (χ0v) is 13.2. The Bertz CT molecular complexity index is 660. The molecule has 2 aromatic rings. The number of benzene rings is 1. The summed E-state index contributed by atoms with van der Waals surface area (Å²) in [6, 6.07) is 13.8. The van der Waals surface area contributed by atoms with Gasteiger partial charge < -0.3 is 10.1 Å². The average Bonchev–Trinajstić information content (AvgIpc) is 2.58. The monoisotopic (exact) mass is 311 g/mol. The SMILES string of the molecule is Cc1cccnc1NC(=O)N[C@@H]1CCO[C@H](c2ccccc2)C1. The maximum Gasteiger partial charge on any atom is 0.320 e. The van der Waals surface area contributed by atoms with Crippen LogP contribution in [0.1, 0.15) is 30.1 Å². The van der Waals surface area contributed by atoms with Gasteiger partial charge in [-0.05, 0) is 37.0 Å². The number of carbonyl (C=O) groups is 1.